The summed E-state index contributed by atoms with van der Waals surface area (Å²) in [5, 5.41) is 10.4. The molecule has 25 heavy (non-hydrogen) atoms. The van der Waals surface area contributed by atoms with Gasteiger partial charge < -0.3 is 5.32 Å². The van der Waals surface area contributed by atoms with Crippen molar-refractivity contribution in [2.75, 3.05) is 11.9 Å². The molecule has 1 amide bonds. The van der Waals surface area contributed by atoms with Crippen molar-refractivity contribution in [2.45, 2.75) is 25.4 Å². The molecule has 1 saturated heterocycles. The van der Waals surface area contributed by atoms with E-state index in [1.807, 2.05) is 29.8 Å². The maximum Gasteiger partial charge on any atom is 0.256 e. The number of thiazole rings is 1. The molecule has 0 radical (unpaired) electrons. The van der Waals surface area contributed by atoms with Gasteiger partial charge in [-0.1, -0.05) is 16.6 Å². The lowest BCUT2D eigenvalue weighted by Gasteiger charge is -2.23. The standard InChI is InChI=1S/C17H17N5OS2/c23-16(20-15-10-19-21-25-15)13-4-1-3-12(9-13)11-22-7-2-5-14(22)17-18-6-8-24-17/h1,3-4,6,8-10,14H,2,5,7,11H2,(H,20,23)/t14-/m1/s1. The molecule has 8 heteroatoms. The molecule has 0 spiro atoms. The zero-order chi connectivity index (χ0) is 17.1. The lowest BCUT2D eigenvalue weighted by molar-refractivity contribution is 0.102. The molecule has 1 atom stereocenters. The van der Waals surface area contributed by atoms with Crippen molar-refractivity contribution < 1.29 is 4.79 Å². The number of rotatable bonds is 5. The Morgan fingerprint density at radius 2 is 2.36 bits per heavy atom. The van der Waals surface area contributed by atoms with Gasteiger partial charge >= 0.3 is 0 Å². The third kappa shape index (κ3) is 3.76. The summed E-state index contributed by atoms with van der Waals surface area (Å²) in [6.45, 7) is 1.89. The number of likely N-dealkylation sites (tertiary alicyclic amines) is 1. The fourth-order valence-electron chi connectivity index (χ4n) is 3.15. The van der Waals surface area contributed by atoms with Gasteiger partial charge in [-0.05, 0) is 37.1 Å². The predicted molar refractivity (Wildman–Crippen MR) is 98.8 cm³/mol. The Balaban J connectivity index is 1.47. The topological polar surface area (TPSA) is 71.0 Å². The highest BCUT2D eigenvalue weighted by Crippen LogP contribution is 2.34. The third-order valence-corrected chi connectivity index (χ3v) is 5.73. The highest BCUT2D eigenvalue weighted by atomic mass is 32.1. The number of aromatic nitrogens is 3. The van der Waals surface area contributed by atoms with Crippen LogP contribution in [0.4, 0.5) is 5.00 Å². The number of anilines is 1. The third-order valence-electron chi connectivity index (χ3n) is 4.27. The van der Waals surface area contributed by atoms with Gasteiger partial charge in [-0.3, -0.25) is 9.69 Å². The van der Waals surface area contributed by atoms with Crippen molar-refractivity contribution in [2.24, 2.45) is 0 Å². The normalized spacial score (nSPS) is 17.7. The van der Waals surface area contributed by atoms with Crippen LogP contribution < -0.4 is 5.32 Å². The van der Waals surface area contributed by atoms with E-state index in [-0.39, 0.29) is 5.91 Å². The van der Waals surface area contributed by atoms with E-state index in [0.717, 1.165) is 25.1 Å². The van der Waals surface area contributed by atoms with Crippen molar-refractivity contribution in [1.82, 2.24) is 19.5 Å². The maximum atomic E-state index is 12.4. The van der Waals surface area contributed by atoms with Crippen LogP contribution in [0.1, 0.15) is 39.8 Å². The van der Waals surface area contributed by atoms with Crippen LogP contribution in [0.25, 0.3) is 0 Å². The molecule has 3 aromatic rings. The van der Waals surface area contributed by atoms with E-state index in [1.165, 1.54) is 23.0 Å². The highest BCUT2D eigenvalue weighted by Gasteiger charge is 2.27. The molecular weight excluding hydrogens is 354 g/mol. The smallest absolute Gasteiger partial charge is 0.256 e. The Morgan fingerprint density at radius 3 is 3.16 bits per heavy atom. The van der Waals surface area contributed by atoms with E-state index in [4.69, 9.17) is 0 Å². The summed E-state index contributed by atoms with van der Waals surface area (Å²) in [6.07, 6.45) is 5.75. The Hall–Kier alpha value is -2.16. The van der Waals surface area contributed by atoms with Crippen molar-refractivity contribution in [3.8, 4) is 0 Å². The number of hydrogen-bond donors (Lipinski definition) is 1. The van der Waals surface area contributed by atoms with E-state index in [9.17, 15) is 4.79 Å². The molecule has 0 aliphatic carbocycles. The number of carbonyl (C=O) groups is 1. The van der Waals surface area contributed by atoms with Gasteiger partial charge in [0.15, 0.2) is 0 Å². The lowest BCUT2D eigenvalue weighted by Crippen LogP contribution is -2.23. The van der Waals surface area contributed by atoms with Gasteiger partial charge in [-0.2, -0.15) is 0 Å². The summed E-state index contributed by atoms with van der Waals surface area (Å²) in [7, 11) is 0. The van der Waals surface area contributed by atoms with Crippen LogP contribution >= 0.6 is 22.9 Å². The van der Waals surface area contributed by atoms with Crippen LogP contribution in [0.2, 0.25) is 0 Å². The minimum atomic E-state index is -0.134. The van der Waals surface area contributed by atoms with Crippen LogP contribution in [-0.4, -0.2) is 31.9 Å². The summed E-state index contributed by atoms with van der Waals surface area (Å²) in [6, 6.07) is 8.18. The molecule has 0 saturated carbocycles. The van der Waals surface area contributed by atoms with E-state index in [1.54, 1.807) is 17.5 Å². The minimum absolute atomic E-state index is 0.134. The first-order valence-electron chi connectivity index (χ1n) is 8.11. The monoisotopic (exact) mass is 371 g/mol. The largest absolute Gasteiger partial charge is 0.311 e. The van der Waals surface area contributed by atoms with Gasteiger partial charge in [0.05, 0.1) is 12.2 Å². The average Bonchev–Trinajstić information content (AvgIpc) is 3.37. The van der Waals surface area contributed by atoms with Crippen LogP contribution in [-0.2, 0) is 6.54 Å². The molecule has 1 aliphatic heterocycles. The van der Waals surface area contributed by atoms with Crippen LogP contribution in [0.15, 0.2) is 42.0 Å². The van der Waals surface area contributed by atoms with E-state index >= 15 is 0 Å². The summed E-state index contributed by atoms with van der Waals surface area (Å²) in [5.74, 6) is -0.134. The average molecular weight is 371 g/mol. The van der Waals surface area contributed by atoms with Crippen molar-refractivity contribution in [1.29, 1.82) is 0 Å². The van der Waals surface area contributed by atoms with E-state index in [0.29, 0.717) is 16.6 Å². The van der Waals surface area contributed by atoms with Crippen molar-refractivity contribution in [3.05, 3.63) is 58.2 Å². The summed E-state index contributed by atoms with van der Waals surface area (Å²) in [4.78, 5) is 19.3. The van der Waals surface area contributed by atoms with Crippen LogP contribution in [0.5, 0.6) is 0 Å². The molecule has 4 rings (SSSR count). The fourth-order valence-corrected chi connectivity index (χ4v) is 4.37. The molecule has 128 valence electrons. The first-order valence-corrected chi connectivity index (χ1v) is 9.76. The van der Waals surface area contributed by atoms with Gasteiger partial charge in [0.2, 0.25) is 0 Å². The molecule has 2 aromatic heterocycles. The summed E-state index contributed by atoms with van der Waals surface area (Å²) < 4.78 is 3.75. The zero-order valence-corrected chi connectivity index (χ0v) is 15.1. The number of benzene rings is 1. The van der Waals surface area contributed by atoms with Gasteiger partial charge in [-0.25, -0.2) is 4.98 Å². The number of carbonyl (C=O) groups excluding carboxylic acids is 1. The molecule has 1 fully saturated rings. The molecule has 1 aromatic carbocycles. The van der Waals surface area contributed by atoms with E-state index < -0.39 is 0 Å². The molecule has 1 aliphatic rings. The molecule has 1 N–H and O–H groups in total. The van der Waals surface area contributed by atoms with Gasteiger partial charge in [0.25, 0.3) is 5.91 Å². The SMILES string of the molecule is O=C(Nc1cnns1)c1cccc(CN2CCC[C@@H]2c2nccs2)c1. The predicted octanol–water partition coefficient (Wildman–Crippen LogP) is 3.58. The second-order valence-corrected chi connectivity index (χ2v) is 7.65. The molecule has 3 heterocycles. The molecular formula is C17H17N5OS2. The minimum Gasteiger partial charge on any atom is -0.311 e. The first-order chi connectivity index (χ1) is 12.3. The second kappa shape index (κ2) is 7.38. The van der Waals surface area contributed by atoms with Crippen molar-refractivity contribution >= 4 is 33.8 Å². The quantitative estimate of drug-likeness (QED) is 0.742. The highest BCUT2D eigenvalue weighted by molar-refractivity contribution is 7.10. The maximum absolute atomic E-state index is 12.4. The summed E-state index contributed by atoms with van der Waals surface area (Å²) >= 11 is 2.89. The van der Waals surface area contributed by atoms with Gasteiger partial charge in [0, 0.05) is 35.2 Å². The Morgan fingerprint density at radius 1 is 1.40 bits per heavy atom. The number of nitrogens with zero attached hydrogens (tertiary/aromatic N) is 4. The van der Waals surface area contributed by atoms with Crippen LogP contribution in [0.3, 0.4) is 0 Å². The number of hydrogen-bond acceptors (Lipinski definition) is 7. The van der Waals surface area contributed by atoms with Crippen molar-refractivity contribution in [3.63, 3.8) is 0 Å². The second-order valence-electron chi connectivity index (χ2n) is 5.94. The summed E-state index contributed by atoms with van der Waals surface area (Å²) in [5.41, 5.74) is 1.79. The Kier molecular flexibility index (Phi) is 4.82. The number of nitrogens with one attached hydrogen (secondary N) is 1. The fraction of sp³-hybridized carbons (Fsp3) is 0.294. The zero-order valence-electron chi connectivity index (χ0n) is 13.5. The molecule has 0 unspecified atom stereocenters. The van der Waals surface area contributed by atoms with Gasteiger partial charge in [0.1, 0.15) is 10.0 Å². The first kappa shape index (κ1) is 16.3. The van der Waals surface area contributed by atoms with Crippen LogP contribution in [0, 0.1) is 0 Å². The molecule has 0 bridgehead atoms. The van der Waals surface area contributed by atoms with Gasteiger partial charge in [-0.15, -0.1) is 16.4 Å². The Bertz CT molecular complexity index is 835. The Labute approximate surface area is 153 Å². The lowest BCUT2D eigenvalue weighted by atomic mass is 10.1. The number of amides is 1. The molecule has 6 nitrogen and oxygen atoms in total. The van der Waals surface area contributed by atoms with E-state index in [2.05, 4.69) is 30.9 Å².